The quantitative estimate of drug-likeness (QED) is 0.434. The van der Waals surface area contributed by atoms with E-state index >= 15 is 0 Å². The van der Waals surface area contributed by atoms with Gasteiger partial charge in [0.25, 0.3) is 0 Å². The third-order valence-corrected chi connectivity index (χ3v) is 7.37. The number of aliphatic hydroxyl groups is 1. The first-order chi connectivity index (χ1) is 16.2. The highest BCUT2D eigenvalue weighted by Crippen LogP contribution is 2.32. The minimum Gasteiger partial charge on any atom is -0.394 e. The monoisotopic (exact) mass is 475 g/mol. The second-order valence-electron chi connectivity index (χ2n) is 7.64. The summed E-state index contributed by atoms with van der Waals surface area (Å²) < 4.78 is 1.18. The SMILES string of the molecule is C#Cc1nc(NC(=O)N2CCN(c3ccc(-c4cccc5ncsc45)cc3)CC2CO)cs1. The third-order valence-electron chi connectivity index (χ3n) is 5.72. The van der Waals surface area contributed by atoms with Crippen molar-refractivity contribution >= 4 is 50.4 Å². The van der Waals surface area contributed by atoms with Crippen LogP contribution in [0.1, 0.15) is 5.01 Å². The van der Waals surface area contributed by atoms with Crippen LogP contribution >= 0.6 is 22.7 Å². The number of carbonyl (C=O) groups excluding carboxylic acids is 1. The number of nitrogens with zero attached hydrogens (tertiary/aromatic N) is 4. The van der Waals surface area contributed by atoms with Crippen LogP contribution in [0.2, 0.25) is 0 Å². The van der Waals surface area contributed by atoms with Gasteiger partial charge in [0, 0.05) is 36.3 Å². The number of terminal acetylenes is 1. The standard InChI is InChI=1S/C24H21N5O2S2/c1-2-22-26-21(14-32-22)27-24(31)29-11-10-28(12-18(29)13-30)17-8-6-16(7-9-17)19-4-3-5-20-23(19)33-15-25-20/h1,3-9,14-15,18,30H,10-13H2,(H,27,31). The first kappa shape index (κ1) is 21.4. The number of aromatic nitrogens is 2. The molecule has 0 spiro atoms. The number of thiazole rings is 2. The molecule has 9 heteroatoms. The number of nitrogens with one attached hydrogen (secondary N) is 1. The van der Waals surface area contributed by atoms with Gasteiger partial charge in [0.2, 0.25) is 0 Å². The summed E-state index contributed by atoms with van der Waals surface area (Å²) in [5.41, 5.74) is 6.25. The number of rotatable bonds is 4. The second-order valence-corrected chi connectivity index (χ2v) is 9.35. The largest absolute Gasteiger partial charge is 0.394 e. The van der Waals surface area contributed by atoms with E-state index in [4.69, 9.17) is 6.42 Å². The summed E-state index contributed by atoms with van der Waals surface area (Å²) in [5.74, 6) is 2.89. The molecule has 5 rings (SSSR count). The number of piperazine rings is 1. The van der Waals surface area contributed by atoms with Crippen molar-refractivity contribution in [3.63, 3.8) is 0 Å². The van der Waals surface area contributed by atoms with Crippen LogP contribution in [0.15, 0.2) is 53.4 Å². The molecule has 4 aromatic rings. The number of hydrogen-bond donors (Lipinski definition) is 2. The van der Waals surface area contributed by atoms with Crippen LogP contribution in [0, 0.1) is 12.3 Å². The molecule has 1 aliphatic heterocycles. The molecule has 2 N–H and O–H groups in total. The van der Waals surface area contributed by atoms with E-state index in [-0.39, 0.29) is 18.7 Å². The van der Waals surface area contributed by atoms with Gasteiger partial charge in [0.05, 0.1) is 28.4 Å². The minimum atomic E-state index is -0.324. The molecule has 33 heavy (non-hydrogen) atoms. The fourth-order valence-corrected chi connectivity index (χ4v) is 5.44. The minimum absolute atomic E-state index is 0.123. The van der Waals surface area contributed by atoms with Crippen LogP contribution < -0.4 is 10.2 Å². The maximum Gasteiger partial charge on any atom is 0.323 e. The number of amides is 2. The molecule has 3 heterocycles. The lowest BCUT2D eigenvalue weighted by Gasteiger charge is -2.41. The van der Waals surface area contributed by atoms with Gasteiger partial charge in [-0.2, -0.15) is 0 Å². The van der Waals surface area contributed by atoms with Crippen molar-refractivity contribution in [1.29, 1.82) is 0 Å². The number of aliphatic hydroxyl groups excluding tert-OH is 1. The van der Waals surface area contributed by atoms with Gasteiger partial charge < -0.3 is 14.9 Å². The highest BCUT2D eigenvalue weighted by Gasteiger charge is 2.30. The van der Waals surface area contributed by atoms with Crippen LogP contribution in [-0.4, -0.2) is 58.3 Å². The molecule has 1 saturated heterocycles. The fourth-order valence-electron chi connectivity index (χ4n) is 4.06. The summed E-state index contributed by atoms with van der Waals surface area (Å²) in [6.07, 6.45) is 5.35. The number of urea groups is 1. The number of benzene rings is 2. The lowest BCUT2D eigenvalue weighted by atomic mass is 10.0. The molecule has 1 unspecified atom stereocenters. The van der Waals surface area contributed by atoms with E-state index in [9.17, 15) is 9.90 Å². The van der Waals surface area contributed by atoms with Crippen LogP contribution in [-0.2, 0) is 0 Å². The number of anilines is 2. The van der Waals surface area contributed by atoms with Crippen molar-refractivity contribution in [1.82, 2.24) is 14.9 Å². The first-order valence-electron chi connectivity index (χ1n) is 10.4. The summed E-state index contributed by atoms with van der Waals surface area (Å²) in [6.45, 7) is 1.58. The van der Waals surface area contributed by atoms with Crippen molar-refractivity contribution in [2.75, 3.05) is 36.5 Å². The maximum atomic E-state index is 12.8. The van der Waals surface area contributed by atoms with Gasteiger partial charge in [-0.15, -0.1) is 29.1 Å². The summed E-state index contributed by atoms with van der Waals surface area (Å²) in [5, 5.41) is 15.0. The van der Waals surface area contributed by atoms with Gasteiger partial charge in [-0.1, -0.05) is 24.3 Å². The van der Waals surface area contributed by atoms with E-state index in [2.05, 4.69) is 56.4 Å². The van der Waals surface area contributed by atoms with E-state index < -0.39 is 0 Å². The topological polar surface area (TPSA) is 81.6 Å². The zero-order chi connectivity index (χ0) is 22.8. The Morgan fingerprint density at radius 1 is 1.21 bits per heavy atom. The average molecular weight is 476 g/mol. The second kappa shape index (κ2) is 9.19. The average Bonchev–Trinajstić information content (AvgIpc) is 3.53. The Kier molecular flexibility index (Phi) is 5.96. The van der Waals surface area contributed by atoms with Crippen molar-refractivity contribution in [3.8, 4) is 23.5 Å². The molecule has 0 radical (unpaired) electrons. The molecule has 2 amide bonds. The lowest BCUT2D eigenvalue weighted by Crippen LogP contribution is -2.57. The zero-order valence-electron chi connectivity index (χ0n) is 17.6. The summed E-state index contributed by atoms with van der Waals surface area (Å²) >= 11 is 2.95. The van der Waals surface area contributed by atoms with Crippen LogP contribution in [0.25, 0.3) is 21.3 Å². The molecular formula is C24H21N5O2S2. The fraction of sp³-hybridized carbons (Fsp3) is 0.208. The molecule has 7 nitrogen and oxygen atoms in total. The Labute approximate surface area is 199 Å². The molecule has 2 aromatic carbocycles. The smallest absolute Gasteiger partial charge is 0.323 e. The highest BCUT2D eigenvalue weighted by atomic mass is 32.1. The van der Waals surface area contributed by atoms with Crippen molar-refractivity contribution in [3.05, 3.63) is 58.4 Å². The van der Waals surface area contributed by atoms with Crippen molar-refractivity contribution < 1.29 is 9.90 Å². The van der Waals surface area contributed by atoms with Crippen LogP contribution in [0.4, 0.5) is 16.3 Å². The van der Waals surface area contributed by atoms with Gasteiger partial charge in [0.1, 0.15) is 5.82 Å². The predicted octanol–water partition coefficient (Wildman–Crippen LogP) is 4.12. The molecule has 0 saturated carbocycles. The number of carbonyl (C=O) groups is 1. The molecule has 1 atom stereocenters. The Morgan fingerprint density at radius 2 is 2.06 bits per heavy atom. The van der Waals surface area contributed by atoms with Crippen LogP contribution in [0.3, 0.4) is 0 Å². The van der Waals surface area contributed by atoms with Gasteiger partial charge in [0.15, 0.2) is 5.01 Å². The van der Waals surface area contributed by atoms with Gasteiger partial charge in [-0.25, -0.2) is 14.8 Å². The molecule has 166 valence electrons. The molecule has 0 aliphatic carbocycles. The zero-order valence-corrected chi connectivity index (χ0v) is 19.3. The van der Waals surface area contributed by atoms with E-state index in [1.807, 2.05) is 17.6 Å². The van der Waals surface area contributed by atoms with Crippen LogP contribution in [0.5, 0.6) is 0 Å². The molecule has 0 bridgehead atoms. The van der Waals surface area contributed by atoms with E-state index in [0.29, 0.717) is 30.5 Å². The first-order valence-corrected chi connectivity index (χ1v) is 12.2. The third kappa shape index (κ3) is 4.28. The number of fused-ring (bicyclic) bond motifs is 1. The lowest BCUT2D eigenvalue weighted by molar-refractivity contribution is 0.132. The Balaban J connectivity index is 1.28. The van der Waals surface area contributed by atoms with Gasteiger partial charge in [-0.3, -0.25) is 5.32 Å². The van der Waals surface area contributed by atoms with Crippen molar-refractivity contribution in [2.45, 2.75) is 6.04 Å². The van der Waals surface area contributed by atoms with E-state index in [1.165, 1.54) is 21.6 Å². The molecule has 1 fully saturated rings. The van der Waals surface area contributed by atoms with Gasteiger partial charge in [-0.05, 0) is 29.7 Å². The molecular weight excluding hydrogens is 454 g/mol. The van der Waals surface area contributed by atoms with Gasteiger partial charge >= 0.3 is 6.03 Å². The summed E-state index contributed by atoms with van der Waals surface area (Å²) in [4.78, 5) is 25.2. The highest BCUT2D eigenvalue weighted by molar-refractivity contribution is 7.17. The Bertz CT molecular complexity index is 1320. The normalized spacial score (nSPS) is 16.1. The maximum absolute atomic E-state index is 12.8. The van der Waals surface area contributed by atoms with E-state index in [0.717, 1.165) is 16.8 Å². The summed E-state index contributed by atoms with van der Waals surface area (Å²) in [7, 11) is 0. The van der Waals surface area contributed by atoms with Crippen molar-refractivity contribution in [2.24, 2.45) is 0 Å². The Hall–Kier alpha value is -3.45. The number of hydrogen-bond acceptors (Lipinski definition) is 7. The molecule has 1 aliphatic rings. The Morgan fingerprint density at radius 3 is 2.82 bits per heavy atom. The molecule has 2 aromatic heterocycles. The predicted molar refractivity (Wildman–Crippen MR) is 134 cm³/mol. The van der Waals surface area contributed by atoms with E-state index in [1.54, 1.807) is 21.6 Å². The summed E-state index contributed by atoms with van der Waals surface area (Å²) in [6, 6.07) is 14.0.